The van der Waals surface area contributed by atoms with Crippen molar-refractivity contribution in [3.8, 4) is 0 Å². The first-order chi connectivity index (χ1) is 10.2. The lowest BCUT2D eigenvalue weighted by Gasteiger charge is -2.14. The molecule has 0 spiro atoms. The van der Waals surface area contributed by atoms with Crippen molar-refractivity contribution >= 4 is 35.0 Å². The fraction of sp³-hybridized carbons (Fsp3) is 0. The monoisotopic (exact) mass is 299 g/mol. The number of carbonyl (C=O) groups is 1. The van der Waals surface area contributed by atoms with E-state index in [1.807, 2.05) is 6.07 Å². The first kappa shape index (κ1) is 13.4. The van der Waals surface area contributed by atoms with Gasteiger partial charge in [0.1, 0.15) is 11.5 Å². The number of halogens is 1. The Morgan fingerprint density at radius 1 is 1.24 bits per heavy atom. The maximum Gasteiger partial charge on any atom is 0.281 e. The Bertz CT molecular complexity index is 746. The smallest absolute Gasteiger partial charge is 0.281 e. The Labute approximate surface area is 125 Å². The molecular formula is C15H10FN3OS. The highest BCUT2D eigenvalue weighted by molar-refractivity contribution is 7.80. The second kappa shape index (κ2) is 5.41. The molecule has 1 saturated heterocycles. The number of benzene rings is 1. The lowest BCUT2D eigenvalue weighted by Crippen LogP contribution is -2.31. The number of aromatic nitrogens is 1. The van der Waals surface area contributed by atoms with Crippen LogP contribution in [0.2, 0.25) is 0 Å². The number of nitrogens with zero attached hydrogens (tertiary/aromatic N) is 2. The molecular weight excluding hydrogens is 289 g/mol. The van der Waals surface area contributed by atoms with Crippen LogP contribution in [0, 0.1) is 5.82 Å². The average Bonchev–Trinajstić information content (AvgIpc) is 2.76. The molecule has 104 valence electrons. The van der Waals surface area contributed by atoms with Crippen LogP contribution < -0.4 is 10.2 Å². The van der Waals surface area contributed by atoms with Crippen LogP contribution in [0.5, 0.6) is 0 Å². The second-order valence-corrected chi connectivity index (χ2v) is 4.75. The predicted octanol–water partition coefficient (Wildman–Crippen LogP) is 2.48. The Hall–Kier alpha value is -2.60. The molecule has 2 heterocycles. The van der Waals surface area contributed by atoms with Gasteiger partial charge in [-0.3, -0.25) is 9.78 Å². The molecule has 0 unspecified atom stereocenters. The summed E-state index contributed by atoms with van der Waals surface area (Å²) >= 11 is 5.12. The van der Waals surface area contributed by atoms with E-state index in [1.54, 1.807) is 36.7 Å². The van der Waals surface area contributed by atoms with Gasteiger partial charge < -0.3 is 5.32 Å². The number of pyridine rings is 1. The summed E-state index contributed by atoms with van der Waals surface area (Å²) in [5.74, 6) is -0.897. The maximum absolute atomic E-state index is 13.8. The molecule has 0 atom stereocenters. The first-order valence-corrected chi connectivity index (χ1v) is 6.59. The minimum Gasteiger partial charge on any atom is -0.327 e. The van der Waals surface area contributed by atoms with Gasteiger partial charge in [-0.25, -0.2) is 9.29 Å². The molecule has 6 heteroatoms. The number of rotatable bonds is 2. The van der Waals surface area contributed by atoms with Gasteiger partial charge in [0.25, 0.3) is 5.91 Å². The van der Waals surface area contributed by atoms with Crippen molar-refractivity contribution in [1.82, 2.24) is 10.3 Å². The van der Waals surface area contributed by atoms with Crippen LogP contribution in [0.15, 0.2) is 54.5 Å². The molecule has 2 aromatic rings. The summed E-state index contributed by atoms with van der Waals surface area (Å²) in [4.78, 5) is 17.5. The number of nitrogens with one attached hydrogen (secondary N) is 1. The molecule has 1 aromatic heterocycles. The molecule has 1 fully saturated rings. The van der Waals surface area contributed by atoms with Crippen molar-refractivity contribution in [3.63, 3.8) is 0 Å². The zero-order valence-corrected chi connectivity index (χ0v) is 11.6. The minimum absolute atomic E-state index is 0.134. The molecule has 1 N–H and O–H groups in total. The molecule has 1 amide bonds. The molecule has 3 rings (SSSR count). The van der Waals surface area contributed by atoms with Gasteiger partial charge in [0.15, 0.2) is 5.11 Å². The SMILES string of the molecule is O=C1C(=Cc2cccnc2)NC(=S)N1c1ccccc1F. The third-order valence-corrected chi connectivity index (χ3v) is 3.25. The standard InChI is InChI=1S/C15H10FN3OS/c16-11-5-1-2-6-13(11)19-14(20)12(18-15(19)21)8-10-4-3-7-17-9-10/h1-9H,(H,18,21). The Morgan fingerprint density at radius 2 is 2.05 bits per heavy atom. The lowest BCUT2D eigenvalue weighted by molar-refractivity contribution is -0.113. The van der Waals surface area contributed by atoms with Crippen LogP contribution in [0.25, 0.3) is 6.08 Å². The van der Waals surface area contributed by atoms with Crippen LogP contribution in [-0.2, 0) is 4.79 Å². The number of hydrogen-bond acceptors (Lipinski definition) is 3. The van der Waals surface area contributed by atoms with Crippen LogP contribution in [0.3, 0.4) is 0 Å². The van der Waals surface area contributed by atoms with Gasteiger partial charge in [0.2, 0.25) is 0 Å². The largest absolute Gasteiger partial charge is 0.327 e. The Balaban J connectivity index is 1.97. The Kier molecular flexibility index (Phi) is 3.45. The van der Waals surface area contributed by atoms with Gasteiger partial charge in [0.05, 0.1) is 5.69 Å². The van der Waals surface area contributed by atoms with Crippen LogP contribution in [0.4, 0.5) is 10.1 Å². The lowest BCUT2D eigenvalue weighted by atomic mass is 10.2. The van der Waals surface area contributed by atoms with Gasteiger partial charge in [-0.15, -0.1) is 0 Å². The number of anilines is 1. The number of para-hydroxylation sites is 1. The highest BCUT2D eigenvalue weighted by Crippen LogP contribution is 2.24. The van der Waals surface area contributed by atoms with E-state index in [9.17, 15) is 9.18 Å². The predicted molar refractivity (Wildman–Crippen MR) is 81.8 cm³/mol. The summed E-state index contributed by atoms with van der Waals surface area (Å²) in [5, 5.41) is 2.96. The van der Waals surface area contributed by atoms with Gasteiger partial charge in [-0.2, -0.15) is 0 Å². The van der Waals surface area contributed by atoms with Gasteiger partial charge >= 0.3 is 0 Å². The van der Waals surface area contributed by atoms with Crippen LogP contribution in [-0.4, -0.2) is 16.0 Å². The van der Waals surface area contributed by atoms with Crippen molar-refractivity contribution < 1.29 is 9.18 Å². The fourth-order valence-corrected chi connectivity index (χ4v) is 2.31. The van der Waals surface area contributed by atoms with Gasteiger partial charge in [-0.05, 0) is 42.1 Å². The molecule has 21 heavy (non-hydrogen) atoms. The minimum atomic E-state index is -0.502. The summed E-state index contributed by atoms with van der Waals surface area (Å²) in [7, 11) is 0. The second-order valence-electron chi connectivity index (χ2n) is 4.37. The van der Waals surface area contributed by atoms with Crippen LogP contribution >= 0.6 is 12.2 Å². The number of thiocarbonyl (C=S) groups is 1. The average molecular weight is 299 g/mol. The molecule has 1 aliphatic rings. The van der Waals surface area contributed by atoms with E-state index in [2.05, 4.69) is 10.3 Å². The summed E-state index contributed by atoms with van der Waals surface area (Å²) < 4.78 is 13.8. The number of amides is 1. The molecule has 0 radical (unpaired) electrons. The summed E-state index contributed by atoms with van der Waals surface area (Å²) in [5.41, 5.74) is 1.18. The molecule has 0 bridgehead atoms. The normalized spacial score (nSPS) is 16.4. The molecule has 4 nitrogen and oxygen atoms in total. The Morgan fingerprint density at radius 3 is 2.76 bits per heavy atom. The molecule has 0 saturated carbocycles. The van der Waals surface area contributed by atoms with Crippen molar-refractivity contribution in [1.29, 1.82) is 0 Å². The molecule has 1 aromatic carbocycles. The van der Waals surface area contributed by atoms with Gasteiger partial charge in [0, 0.05) is 12.4 Å². The van der Waals surface area contributed by atoms with E-state index in [1.165, 1.54) is 12.1 Å². The van der Waals surface area contributed by atoms with Crippen molar-refractivity contribution in [2.45, 2.75) is 0 Å². The molecule has 0 aliphatic carbocycles. The maximum atomic E-state index is 13.8. The van der Waals surface area contributed by atoms with Crippen molar-refractivity contribution in [2.75, 3.05) is 4.90 Å². The number of hydrogen-bond donors (Lipinski definition) is 1. The first-order valence-electron chi connectivity index (χ1n) is 6.18. The zero-order chi connectivity index (χ0) is 14.8. The van der Waals surface area contributed by atoms with E-state index < -0.39 is 11.7 Å². The van der Waals surface area contributed by atoms with E-state index >= 15 is 0 Å². The number of carbonyl (C=O) groups excluding carboxylic acids is 1. The van der Waals surface area contributed by atoms with E-state index in [0.717, 1.165) is 10.5 Å². The van der Waals surface area contributed by atoms with E-state index in [4.69, 9.17) is 12.2 Å². The van der Waals surface area contributed by atoms with E-state index in [0.29, 0.717) is 0 Å². The summed E-state index contributed by atoms with van der Waals surface area (Å²) in [6.45, 7) is 0. The summed E-state index contributed by atoms with van der Waals surface area (Å²) in [6.07, 6.45) is 4.89. The summed E-state index contributed by atoms with van der Waals surface area (Å²) in [6, 6.07) is 9.57. The topological polar surface area (TPSA) is 45.2 Å². The van der Waals surface area contributed by atoms with Gasteiger partial charge in [-0.1, -0.05) is 18.2 Å². The third-order valence-electron chi connectivity index (χ3n) is 2.97. The third kappa shape index (κ3) is 2.53. The molecule has 1 aliphatic heterocycles. The fourth-order valence-electron chi connectivity index (χ4n) is 2.01. The highest BCUT2D eigenvalue weighted by Gasteiger charge is 2.33. The van der Waals surface area contributed by atoms with E-state index in [-0.39, 0.29) is 16.5 Å². The van der Waals surface area contributed by atoms with Crippen LogP contribution in [0.1, 0.15) is 5.56 Å². The van der Waals surface area contributed by atoms with Crippen molar-refractivity contribution in [2.24, 2.45) is 0 Å². The quantitative estimate of drug-likeness (QED) is 0.683. The zero-order valence-electron chi connectivity index (χ0n) is 10.8. The highest BCUT2D eigenvalue weighted by atomic mass is 32.1. The van der Waals surface area contributed by atoms with Crippen molar-refractivity contribution in [3.05, 3.63) is 65.9 Å².